The Morgan fingerprint density at radius 2 is 1.85 bits per heavy atom. The van der Waals surface area contributed by atoms with Crippen molar-refractivity contribution < 1.29 is 13.6 Å². The molecule has 0 heterocycles. The summed E-state index contributed by atoms with van der Waals surface area (Å²) >= 11 is 6.75. The highest BCUT2D eigenvalue weighted by molar-refractivity contribution is 8.00. The van der Waals surface area contributed by atoms with Crippen LogP contribution in [-0.4, -0.2) is 11.5 Å². The fraction of sp³-hybridized carbons (Fsp3) is 0.133. The summed E-state index contributed by atoms with van der Waals surface area (Å²) in [5.41, 5.74) is 0.261. The Morgan fingerprint density at radius 3 is 2.60 bits per heavy atom. The molecule has 104 valence electrons. The number of benzene rings is 2. The molecule has 2 aromatic carbocycles. The van der Waals surface area contributed by atoms with Crippen LogP contribution >= 0.6 is 23.4 Å². The van der Waals surface area contributed by atoms with E-state index in [0.717, 1.165) is 11.8 Å². The highest BCUT2D eigenvalue weighted by Gasteiger charge is 2.12. The van der Waals surface area contributed by atoms with Crippen molar-refractivity contribution in [3.8, 4) is 0 Å². The molecule has 0 radical (unpaired) electrons. The topological polar surface area (TPSA) is 17.1 Å². The van der Waals surface area contributed by atoms with Crippen molar-refractivity contribution >= 4 is 29.1 Å². The third-order valence-electron chi connectivity index (χ3n) is 2.64. The zero-order valence-corrected chi connectivity index (χ0v) is 12.0. The number of Topliss-reactive ketones (excluding diaryl/α,β-unsaturated/α-hetero) is 1. The zero-order chi connectivity index (χ0) is 14.5. The average molecular weight is 313 g/mol. The Kier molecular flexibility index (Phi) is 5.15. The van der Waals surface area contributed by atoms with E-state index in [0.29, 0.717) is 4.90 Å². The largest absolute Gasteiger partial charge is 0.298 e. The first-order valence-corrected chi connectivity index (χ1v) is 7.26. The Balaban J connectivity index is 1.96. The van der Waals surface area contributed by atoms with Gasteiger partial charge in [-0.2, -0.15) is 0 Å². The van der Waals surface area contributed by atoms with Crippen LogP contribution in [0.3, 0.4) is 0 Å². The molecule has 0 amide bonds. The molecule has 0 spiro atoms. The molecule has 0 atom stereocenters. The van der Waals surface area contributed by atoms with E-state index in [9.17, 15) is 13.6 Å². The molecule has 0 N–H and O–H groups in total. The highest BCUT2D eigenvalue weighted by atomic mass is 35.5. The quantitative estimate of drug-likeness (QED) is 0.755. The third kappa shape index (κ3) is 3.81. The number of thioether (sulfide) groups is 1. The van der Waals surface area contributed by atoms with Crippen LogP contribution in [-0.2, 0) is 11.2 Å². The molecule has 1 nitrogen and oxygen atoms in total. The van der Waals surface area contributed by atoms with Crippen molar-refractivity contribution in [2.75, 3.05) is 5.75 Å². The first kappa shape index (κ1) is 15.0. The Morgan fingerprint density at radius 1 is 1.10 bits per heavy atom. The predicted molar refractivity (Wildman–Crippen MR) is 77.2 cm³/mol. The van der Waals surface area contributed by atoms with Gasteiger partial charge in [-0.25, -0.2) is 8.78 Å². The van der Waals surface area contributed by atoms with Gasteiger partial charge in [-0.15, -0.1) is 11.8 Å². The van der Waals surface area contributed by atoms with Gasteiger partial charge in [-0.05, 0) is 23.8 Å². The van der Waals surface area contributed by atoms with Crippen molar-refractivity contribution in [3.63, 3.8) is 0 Å². The van der Waals surface area contributed by atoms with Gasteiger partial charge in [0.25, 0.3) is 0 Å². The molecule has 0 saturated carbocycles. The summed E-state index contributed by atoms with van der Waals surface area (Å²) in [6.07, 6.45) is -0.0478. The van der Waals surface area contributed by atoms with Crippen molar-refractivity contribution in [1.29, 1.82) is 0 Å². The van der Waals surface area contributed by atoms with E-state index in [2.05, 4.69) is 0 Å². The molecule has 0 aliphatic rings. The second-order valence-corrected chi connectivity index (χ2v) is 5.57. The van der Waals surface area contributed by atoms with Gasteiger partial charge in [0.2, 0.25) is 0 Å². The van der Waals surface area contributed by atoms with Gasteiger partial charge in [0.05, 0.1) is 10.8 Å². The van der Waals surface area contributed by atoms with Crippen LogP contribution in [0.1, 0.15) is 5.56 Å². The van der Waals surface area contributed by atoms with Crippen LogP contribution < -0.4 is 0 Å². The van der Waals surface area contributed by atoms with E-state index in [-0.39, 0.29) is 34.4 Å². The number of ketones is 1. The Hall–Kier alpha value is -1.39. The molecule has 0 aliphatic carbocycles. The van der Waals surface area contributed by atoms with Crippen molar-refractivity contribution in [2.24, 2.45) is 0 Å². The summed E-state index contributed by atoms with van der Waals surface area (Å²) in [6, 6.07) is 10.8. The molecule has 2 aromatic rings. The van der Waals surface area contributed by atoms with Gasteiger partial charge in [0.15, 0.2) is 0 Å². The fourth-order valence-corrected chi connectivity index (χ4v) is 2.66. The molecule has 0 bridgehead atoms. The monoisotopic (exact) mass is 312 g/mol. The lowest BCUT2D eigenvalue weighted by molar-refractivity contribution is -0.116. The second-order valence-electron chi connectivity index (χ2n) is 4.15. The lowest BCUT2D eigenvalue weighted by Gasteiger charge is -2.05. The molecular formula is C15H11ClF2OS. The van der Waals surface area contributed by atoms with Gasteiger partial charge in [-0.1, -0.05) is 35.9 Å². The van der Waals surface area contributed by atoms with Crippen molar-refractivity contribution in [2.45, 2.75) is 11.3 Å². The van der Waals surface area contributed by atoms with Crippen LogP contribution in [0.15, 0.2) is 47.4 Å². The summed E-state index contributed by atoms with van der Waals surface area (Å²) in [5, 5.41) is -0.00273. The average Bonchev–Trinajstić information content (AvgIpc) is 2.43. The minimum absolute atomic E-state index is 0.00273. The summed E-state index contributed by atoms with van der Waals surface area (Å²) in [7, 11) is 0. The van der Waals surface area contributed by atoms with Crippen LogP contribution in [0, 0.1) is 11.6 Å². The van der Waals surface area contributed by atoms with E-state index in [1.807, 2.05) is 0 Å². The molecule has 20 heavy (non-hydrogen) atoms. The second kappa shape index (κ2) is 6.86. The Labute approximate surface area is 125 Å². The molecular weight excluding hydrogens is 302 g/mol. The molecule has 2 rings (SSSR count). The van der Waals surface area contributed by atoms with E-state index < -0.39 is 5.82 Å². The normalized spacial score (nSPS) is 10.6. The van der Waals surface area contributed by atoms with Crippen LogP contribution in [0.25, 0.3) is 0 Å². The summed E-state index contributed by atoms with van der Waals surface area (Å²) in [5.74, 6) is -1.02. The SMILES string of the molecule is O=C(CSc1ccccc1F)Cc1cccc(Cl)c1F. The number of carbonyl (C=O) groups excluding carboxylic acids is 1. The lowest BCUT2D eigenvalue weighted by atomic mass is 10.1. The van der Waals surface area contributed by atoms with E-state index in [1.165, 1.54) is 18.2 Å². The van der Waals surface area contributed by atoms with Crippen LogP contribution in [0.4, 0.5) is 8.78 Å². The number of rotatable bonds is 5. The molecule has 0 aromatic heterocycles. The smallest absolute Gasteiger partial charge is 0.147 e. The standard InChI is InChI=1S/C15H11ClF2OS/c16-12-5-3-4-10(15(12)18)8-11(19)9-20-14-7-2-1-6-13(14)17/h1-7H,8-9H2. The number of hydrogen-bond acceptors (Lipinski definition) is 2. The van der Waals surface area contributed by atoms with Gasteiger partial charge in [0, 0.05) is 11.3 Å². The molecule has 0 saturated heterocycles. The van der Waals surface area contributed by atoms with Gasteiger partial charge >= 0.3 is 0 Å². The van der Waals surface area contributed by atoms with Crippen molar-refractivity contribution in [3.05, 3.63) is 64.7 Å². The summed E-state index contributed by atoms with van der Waals surface area (Å²) in [6.45, 7) is 0. The van der Waals surface area contributed by atoms with Crippen molar-refractivity contribution in [1.82, 2.24) is 0 Å². The maximum absolute atomic E-state index is 13.6. The Bertz CT molecular complexity index is 631. The minimum Gasteiger partial charge on any atom is -0.298 e. The minimum atomic E-state index is -0.571. The van der Waals surface area contributed by atoms with Crippen LogP contribution in [0.2, 0.25) is 5.02 Å². The maximum atomic E-state index is 13.6. The number of carbonyl (C=O) groups is 1. The van der Waals surface area contributed by atoms with E-state index in [4.69, 9.17) is 11.6 Å². The predicted octanol–water partition coefficient (Wildman–Crippen LogP) is 4.52. The van der Waals surface area contributed by atoms with Gasteiger partial charge in [0.1, 0.15) is 17.4 Å². The van der Waals surface area contributed by atoms with Gasteiger partial charge in [-0.3, -0.25) is 4.79 Å². The lowest BCUT2D eigenvalue weighted by Crippen LogP contribution is -2.07. The first-order chi connectivity index (χ1) is 9.58. The highest BCUT2D eigenvalue weighted by Crippen LogP contribution is 2.23. The molecule has 5 heteroatoms. The summed E-state index contributed by atoms with van der Waals surface area (Å²) < 4.78 is 27.0. The molecule has 0 fully saturated rings. The fourth-order valence-electron chi connectivity index (χ4n) is 1.67. The third-order valence-corrected chi connectivity index (χ3v) is 4.04. The van der Waals surface area contributed by atoms with E-state index >= 15 is 0 Å². The number of halogens is 3. The summed E-state index contributed by atoms with van der Waals surface area (Å²) in [4.78, 5) is 12.2. The molecule has 0 unspecified atom stereocenters. The first-order valence-electron chi connectivity index (χ1n) is 5.90. The maximum Gasteiger partial charge on any atom is 0.147 e. The van der Waals surface area contributed by atoms with Crippen LogP contribution in [0.5, 0.6) is 0 Å². The molecule has 0 aliphatic heterocycles. The van der Waals surface area contributed by atoms with E-state index in [1.54, 1.807) is 24.3 Å². The van der Waals surface area contributed by atoms with Gasteiger partial charge < -0.3 is 0 Å². The number of hydrogen-bond donors (Lipinski definition) is 0. The zero-order valence-electron chi connectivity index (χ0n) is 10.4.